The lowest BCUT2D eigenvalue weighted by Crippen LogP contribution is -1.97. The van der Waals surface area contributed by atoms with Crippen molar-refractivity contribution in [1.29, 1.82) is 0 Å². The third-order valence-electron chi connectivity index (χ3n) is 0.506. The zero-order valence-electron chi connectivity index (χ0n) is 4.21. The minimum Gasteiger partial charge on any atom is -0.361 e. The summed E-state index contributed by atoms with van der Waals surface area (Å²) in [6.07, 6.45) is 0.654. The number of nitrogens with zero attached hydrogens (tertiary/aromatic N) is 2. The van der Waals surface area contributed by atoms with Crippen molar-refractivity contribution in [2.75, 3.05) is 0 Å². The molecule has 0 aromatic rings. The lowest BCUT2D eigenvalue weighted by atomic mass is 10.4. The largest absolute Gasteiger partial charge is 0.361 e. The highest BCUT2D eigenvalue weighted by Gasteiger charge is 2.05. The zero-order valence-corrected chi connectivity index (χ0v) is 5.73. The highest BCUT2D eigenvalue weighted by atomic mass is 35.5. The summed E-state index contributed by atoms with van der Waals surface area (Å²) in [5.74, 6) is -0.630. The summed E-state index contributed by atoms with van der Waals surface area (Å²) in [6.45, 7) is 0. The monoisotopic (exact) mass is 164 g/mol. The molecule has 0 spiro atoms. The van der Waals surface area contributed by atoms with E-state index in [-0.39, 0.29) is 5.03 Å². The SMILES string of the molecule is [N-]=[N+]=CC(=O)/C(Cl)=C\Cl. The predicted molar refractivity (Wildman–Crippen MR) is 34.5 cm³/mol. The van der Waals surface area contributed by atoms with Gasteiger partial charge in [0.1, 0.15) is 5.03 Å². The lowest BCUT2D eigenvalue weighted by Gasteiger charge is -1.78. The molecule has 0 aromatic carbocycles. The van der Waals surface area contributed by atoms with Crippen LogP contribution in [-0.4, -0.2) is 16.8 Å². The second-order valence-corrected chi connectivity index (χ2v) is 1.69. The third kappa shape index (κ3) is 3.03. The molecule has 0 amide bonds. The number of ketones is 1. The number of hydrogen-bond acceptors (Lipinski definition) is 1. The number of carbonyl (C=O) groups excluding carboxylic acids is 1. The van der Waals surface area contributed by atoms with E-state index in [1.54, 1.807) is 0 Å². The van der Waals surface area contributed by atoms with E-state index in [0.717, 1.165) is 5.54 Å². The quantitative estimate of drug-likeness (QED) is 0.262. The van der Waals surface area contributed by atoms with Crippen LogP contribution in [0, 0.1) is 0 Å². The molecular formula is C4H2Cl2N2O. The van der Waals surface area contributed by atoms with Gasteiger partial charge in [0.15, 0.2) is 0 Å². The van der Waals surface area contributed by atoms with E-state index in [1.165, 1.54) is 0 Å². The fourth-order valence-electron chi connectivity index (χ4n) is 0.168. The van der Waals surface area contributed by atoms with E-state index in [1.807, 2.05) is 0 Å². The molecule has 0 aliphatic rings. The minimum atomic E-state index is -0.630. The molecule has 0 radical (unpaired) electrons. The zero-order chi connectivity index (χ0) is 7.28. The Morgan fingerprint density at radius 2 is 2.22 bits per heavy atom. The Kier molecular flexibility index (Phi) is 3.97. The van der Waals surface area contributed by atoms with Crippen LogP contribution in [-0.2, 0) is 4.79 Å². The maximum absolute atomic E-state index is 10.4. The van der Waals surface area contributed by atoms with E-state index in [0.29, 0.717) is 6.21 Å². The van der Waals surface area contributed by atoms with Gasteiger partial charge in [-0.1, -0.05) is 23.2 Å². The second-order valence-electron chi connectivity index (χ2n) is 1.07. The smallest absolute Gasteiger partial charge is 0.329 e. The van der Waals surface area contributed by atoms with Gasteiger partial charge in [-0.05, 0) is 0 Å². The van der Waals surface area contributed by atoms with Gasteiger partial charge in [0, 0.05) is 5.54 Å². The maximum Gasteiger partial charge on any atom is 0.329 e. The molecule has 5 heteroatoms. The van der Waals surface area contributed by atoms with E-state index in [9.17, 15) is 4.79 Å². The molecule has 9 heavy (non-hydrogen) atoms. The number of halogens is 2. The van der Waals surface area contributed by atoms with Crippen LogP contribution < -0.4 is 0 Å². The topological polar surface area (TPSA) is 53.5 Å². The van der Waals surface area contributed by atoms with Crippen LogP contribution in [0.5, 0.6) is 0 Å². The normalized spacial score (nSPS) is 10.2. The molecule has 0 atom stereocenters. The summed E-state index contributed by atoms with van der Waals surface area (Å²) in [6, 6.07) is 0. The Balaban J connectivity index is 4.22. The second kappa shape index (κ2) is 4.27. The van der Waals surface area contributed by atoms with E-state index < -0.39 is 5.78 Å². The molecule has 0 aliphatic heterocycles. The molecule has 0 bridgehead atoms. The molecule has 3 nitrogen and oxygen atoms in total. The van der Waals surface area contributed by atoms with Crippen LogP contribution in [0.15, 0.2) is 10.6 Å². The van der Waals surface area contributed by atoms with Crippen molar-refractivity contribution >= 4 is 35.2 Å². The van der Waals surface area contributed by atoms with E-state index in [4.69, 9.17) is 28.7 Å². The highest BCUT2D eigenvalue weighted by Crippen LogP contribution is 2.01. The summed E-state index contributed by atoms with van der Waals surface area (Å²) in [4.78, 5) is 12.8. The molecule has 0 saturated carbocycles. The van der Waals surface area contributed by atoms with Gasteiger partial charge in [0.2, 0.25) is 0 Å². The van der Waals surface area contributed by atoms with Gasteiger partial charge in [-0.3, -0.25) is 4.79 Å². The van der Waals surface area contributed by atoms with Gasteiger partial charge in [0.25, 0.3) is 5.78 Å². The first-order chi connectivity index (χ1) is 4.22. The first-order valence-corrected chi connectivity index (χ1v) is 2.71. The van der Waals surface area contributed by atoms with Crippen molar-refractivity contribution in [3.63, 3.8) is 0 Å². The molecule has 0 N–H and O–H groups in total. The van der Waals surface area contributed by atoms with Gasteiger partial charge >= 0.3 is 6.21 Å². The number of rotatable bonds is 2. The average Bonchev–Trinajstić information content (AvgIpc) is 1.87. The Bertz CT molecular complexity index is 193. The van der Waals surface area contributed by atoms with Gasteiger partial charge < -0.3 is 5.53 Å². The molecule has 48 valence electrons. The van der Waals surface area contributed by atoms with Crippen molar-refractivity contribution < 1.29 is 9.58 Å². The number of Topliss-reactive ketones (excluding diaryl/α,β-unsaturated/α-hetero) is 1. The van der Waals surface area contributed by atoms with E-state index in [2.05, 4.69) is 4.79 Å². The van der Waals surface area contributed by atoms with Crippen LogP contribution in [0.4, 0.5) is 0 Å². The molecule has 0 unspecified atom stereocenters. The molecule has 0 fully saturated rings. The summed E-state index contributed by atoms with van der Waals surface area (Å²) < 4.78 is 0. The van der Waals surface area contributed by atoms with E-state index >= 15 is 0 Å². The standard InChI is InChI=1S/C4H2Cl2N2O/c5-1-3(6)4(9)2-8-7/h1-2H/b3-1+. The Labute approximate surface area is 61.5 Å². The van der Waals surface area contributed by atoms with Crippen LogP contribution in [0.25, 0.3) is 5.53 Å². The number of carbonyl (C=O) groups is 1. The van der Waals surface area contributed by atoms with Crippen molar-refractivity contribution in [1.82, 2.24) is 0 Å². The fraction of sp³-hybridized carbons (Fsp3) is 0. The lowest BCUT2D eigenvalue weighted by molar-refractivity contribution is -0.112. The summed E-state index contributed by atoms with van der Waals surface area (Å²) >= 11 is 10.2. The predicted octanol–water partition coefficient (Wildman–Crippen LogP) is 1.18. The van der Waals surface area contributed by atoms with Gasteiger partial charge in [-0.2, -0.15) is 4.79 Å². The fourth-order valence-corrected chi connectivity index (χ4v) is 0.324. The third-order valence-corrected chi connectivity index (χ3v) is 1.13. The Morgan fingerprint density at radius 1 is 1.67 bits per heavy atom. The van der Waals surface area contributed by atoms with Crippen molar-refractivity contribution in [3.8, 4) is 0 Å². The van der Waals surface area contributed by atoms with Crippen LogP contribution in [0.2, 0.25) is 0 Å². The molecule has 0 heterocycles. The molecule has 0 aromatic heterocycles. The molecule has 0 aliphatic carbocycles. The molecule has 0 saturated heterocycles. The Morgan fingerprint density at radius 3 is 2.56 bits per heavy atom. The highest BCUT2D eigenvalue weighted by molar-refractivity contribution is 6.55. The van der Waals surface area contributed by atoms with Crippen LogP contribution >= 0.6 is 23.2 Å². The summed E-state index contributed by atoms with van der Waals surface area (Å²) in [7, 11) is 0. The minimum absolute atomic E-state index is 0.186. The van der Waals surface area contributed by atoms with Gasteiger partial charge in [-0.15, -0.1) is 0 Å². The average molecular weight is 165 g/mol. The number of hydrogen-bond donors (Lipinski definition) is 0. The molecule has 0 rings (SSSR count). The van der Waals surface area contributed by atoms with Crippen LogP contribution in [0.3, 0.4) is 0 Å². The molecular weight excluding hydrogens is 163 g/mol. The Hall–Kier alpha value is -0.630. The maximum atomic E-state index is 10.4. The van der Waals surface area contributed by atoms with Crippen molar-refractivity contribution in [3.05, 3.63) is 16.1 Å². The number of allylic oxidation sites excluding steroid dienone is 1. The van der Waals surface area contributed by atoms with Crippen molar-refractivity contribution in [2.45, 2.75) is 0 Å². The van der Waals surface area contributed by atoms with Gasteiger partial charge in [-0.25, -0.2) is 0 Å². The van der Waals surface area contributed by atoms with Crippen LogP contribution in [0.1, 0.15) is 0 Å². The first kappa shape index (κ1) is 8.37. The summed E-state index contributed by atoms with van der Waals surface area (Å²) in [5.41, 5.74) is 8.70. The van der Waals surface area contributed by atoms with Gasteiger partial charge in [0.05, 0.1) is 0 Å². The van der Waals surface area contributed by atoms with Crippen molar-refractivity contribution in [2.24, 2.45) is 0 Å². The summed E-state index contributed by atoms with van der Waals surface area (Å²) in [5, 5.41) is -0.186. The first-order valence-electron chi connectivity index (χ1n) is 1.90.